The summed E-state index contributed by atoms with van der Waals surface area (Å²) in [5, 5.41) is 1.60. The van der Waals surface area contributed by atoms with Crippen LogP contribution in [0.5, 0.6) is 0 Å². The van der Waals surface area contributed by atoms with Gasteiger partial charge in [0, 0.05) is 0 Å². The van der Waals surface area contributed by atoms with Crippen LogP contribution in [0.1, 0.15) is 24.3 Å². The summed E-state index contributed by atoms with van der Waals surface area (Å²) >= 11 is 7.57. The molecule has 1 aliphatic rings. The number of hydrogen-bond acceptors (Lipinski definition) is 4. The van der Waals surface area contributed by atoms with Gasteiger partial charge in [-0.15, -0.1) is 0 Å². The summed E-state index contributed by atoms with van der Waals surface area (Å²) in [4.78, 5) is 13.5. The van der Waals surface area contributed by atoms with Gasteiger partial charge in [0.25, 0.3) is 0 Å². The normalized spacial score (nSPS) is 16.1. The molecular formula is C10H10ClN3S. The summed E-state index contributed by atoms with van der Waals surface area (Å²) in [5.74, 6) is 0.943. The van der Waals surface area contributed by atoms with E-state index in [-0.39, 0.29) is 0 Å². The van der Waals surface area contributed by atoms with Crippen molar-refractivity contribution < 1.29 is 0 Å². The molecule has 1 saturated carbocycles. The first-order chi connectivity index (χ1) is 7.33. The van der Waals surface area contributed by atoms with Gasteiger partial charge in [0.15, 0.2) is 5.15 Å². The lowest BCUT2D eigenvalue weighted by Crippen LogP contribution is -1.85. The Balaban J connectivity index is 1.88. The Morgan fingerprint density at radius 2 is 2.27 bits per heavy atom. The van der Waals surface area contributed by atoms with Crippen LogP contribution in [0.4, 0.5) is 0 Å². The molecule has 5 heteroatoms. The van der Waals surface area contributed by atoms with Crippen LogP contribution >= 0.6 is 22.9 Å². The van der Waals surface area contributed by atoms with Gasteiger partial charge in [-0.3, -0.25) is 0 Å². The first-order valence-corrected chi connectivity index (χ1v) is 6.28. The zero-order valence-electron chi connectivity index (χ0n) is 8.11. The number of thiazole rings is 1. The summed E-state index contributed by atoms with van der Waals surface area (Å²) in [6, 6.07) is 0. The van der Waals surface area contributed by atoms with Gasteiger partial charge < -0.3 is 0 Å². The molecule has 0 aliphatic heterocycles. The van der Waals surface area contributed by atoms with Crippen molar-refractivity contribution in [1.82, 2.24) is 15.0 Å². The molecule has 0 N–H and O–H groups in total. The van der Waals surface area contributed by atoms with E-state index in [2.05, 4.69) is 15.0 Å². The molecule has 1 aliphatic carbocycles. The molecule has 0 radical (unpaired) electrons. The van der Waals surface area contributed by atoms with Crippen molar-refractivity contribution in [3.63, 3.8) is 0 Å². The summed E-state index contributed by atoms with van der Waals surface area (Å²) < 4.78 is 0. The molecule has 0 atom stereocenters. The van der Waals surface area contributed by atoms with Crippen LogP contribution in [0.15, 0.2) is 6.33 Å². The molecular weight excluding hydrogens is 230 g/mol. The van der Waals surface area contributed by atoms with Crippen LogP contribution in [-0.4, -0.2) is 15.0 Å². The van der Waals surface area contributed by atoms with E-state index in [0.29, 0.717) is 5.15 Å². The second kappa shape index (κ2) is 3.68. The van der Waals surface area contributed by atoms with Crippen LogP contribution in [0, 0.1) is 5.92 Å². The van der Waals surface area contributed by atoms with Crippen molar-refractivity contribution in [1.29, 1.82) is 0 Å². The Bertz CT molecular complexity index is 492. The van der Waals surface area contributed by atoms with Gasteiger partial charge in [0.2, 0.25) is 0 Å². The fourth-order valence-corrected chi connectivity index (χ4v) is 2.76. The summed E-state index contributed by atoms with van der Waals surface area (Å²) in [5.41, 5.74) is 0.759. The summed E-state index contributed by atoms with van der Waals surface area (Å²) in [6.07, 6.45) is 6.59. The van der Waals surface area contributed by atoms with Crippen LogP contribution in [0.2, 0.25) is 5.15 Å². The number of rotatable bonds is 3. The van der Waals surface area contributed by atoms with Gasteiger partial charge in [-0.2, -0.15) is 0 Å². The highest BCUT2D eigenvalue weighted by atomic mass is 35.5. The van der Waals surface area contributed by atoms with Gasteiger partial charge >= 0.3 is 0 Å². The maximum Gasteiger partial charge on any atom is 0.159 e. The predicted molar refractivity (Wildman–Crippen MR) is 61.3 cm³/mol. The molecule has 3 rings (SSSR count). The molecule has 0 bridgehead atoms. The maximum absolute atomic E-state index is 5.94. The second-order valence-electron chi connectivity index (χ2n) is 3.91. The quantitative estimate of drug-likeness (QED) is 0.773. The Morgan fingerprint density at radius 1 is 1.40 bits per heavy atom. The third kappa shape index (κ3) is 1.96. The highest BCUT2D eigenvalue weighted by Crippen LogP contribution is 2.34. The van der Waals surface area contributed by atoms with Crippen molar-refractivity contribution >= 4 is 33.3 Å². The Hall–Kier alpha value is -0.740. The van der Waals surface area contributed by atoms with Crippen LogP contribution in [0.25, 0.3) is 10.3 Å². The lowest BCUT2D eigenvalue weighted by molar-refractivity contribution is 0.724. The molecule has 1 fully saturated rings. The van der Waals surface area contributed by atoms with Crippen molar-refractivity contribution in [3.05, 3.63) is 16.5 Å². The Labute approximate surface area is 96.5 Å². The number of halogens is 1. The molecule has 15 heavy (non-hydrogen) atoms. The standard InChI is InChI=1S/C10H10ClN3S/c11-9-8-10(13-5-12-9)15-7(14-8)4-3-6-1-2-6/h5-6H,1-4H2. The Morgan fingerprint density at radius 3 is 3.00 bits per heavy atom. The number of aryl methyl sites for hydroxylation is 1. The molecule has 0 amide bonds. The van der Waals surface area contributed by atoms with E-state index in [1.165, 1.54) is 25.6 Å². The van der Waals surface area contributed by atoms with Gasteiger partial charge in [-0.05, 0) is 18.8 Å². The first-order valence-electron chi connectivity index (χ1n) is 5.09. The SMILES string of the molecule is Clc1ncnc2sc(CCC3CC3)nc12. The summed E-state index contributed by atoms with van der Waals surface area (Å²) in [7, 11) is 0. The van der Waals surface area contributed by atoms with Crippen LogP contribution < -0.4 is 0 Å². The molecule has 0 unspecified atom stereocenters. The van der Waals surface area contributed by atoms with Gasteiger partial charge in [0.05, 0.1) is 5.01 Å². The minimum absolute atomic E-state index is 0.467. The van der Waals surface area contributed by atoms with E-state index in [9.17, 15) is 0 Å². The van der Waals surface area contributed by atoms with Gasteiger partial charge in [-0.25, -0.2) is 15.0 Å². The monoisotopic (exact) mass is 239 g/mol. The topological polar surface area (TPSA) is 38.7 Å². The van der Waals surface area contributed by atoms with E-state index >= 15 is 0 Å². The molecule has 3 nitrogen and oxygen atoms in total. The van der Waals surface area contributed by atoms with Crippen LogP contribution in [0.3, 0.4) is 0 Å². The third-order valence-electron chi connectivity index (χ3n) is 2.66. The van der Waals surface area contributed by atoms with Gasteiger partial charge in [0.1, 0.15) is 16.7 Å². The largest absolute Gasteiger partial charge is 0.236 e. The number of nitrogens with zero attached hydrogens (tertiary/aromatic N) is 3. The molecule has 0 saturated heterocycles. The third-order valence-corrected chi connectivity index (χ3v) is 3.96. The number of hydrogen-bond donors (Lipinski definition) is 0. The van der Waals surface area contributed by atoms with E-state index in [4.69, 9.17) is 11.6 Å². The van der Waals surface area contributed by atoms with E-state index in [1.54, 1.807) is 11.3 Å². The van der Waals surface area contributed by atoms with Crippen molar-refractivity contribution in [3.8, 4) is 0 Å². The minimum atomic E-state index is 0.467. The second-order valence-corrected chi connectivity index (χ2v) is 5.33. The predicted octanol–water partition coefficient (Wildman–Crippen LogP) is 3.08. The average molecular weight is 240 g/mol. The molecule has 2 heterocycles. The smallest absolute Gasteiger partial charge is 0.159 e. The fraction of sp³-hybridized carbons (Fsp3) is 0.500. The zero-order chi connectivity index (χ0) is 10.3. The van der Waals surface area contributed by atoms with Crippen LogP contribution in [-0.2, 0) is 6.42 Å². The molecule has 0 aromatic carbocycles. The van der Waals surface area contributed by atoms with Crippen molar-refractivity contribution in [2.45, 2.75) is 25.7 Å². The number of fused-ring (bicyclic) bond motifs is 1. The molecule has 0 spiro atoms. The molecule has 2 aromatic heterocycles. The summed E-state index contributed by atoms with van der Waals surface area (Å²) in [6.45, 7) is 0. The molecule has 2 aromatic rings. The van der Waals surface area contributed by atoms with Crippen molar-refractivity contribution in [2.75, 3.05) is 0 Å². The fourth-order valence-electron chi connectivity index (χ4n) is 1.61. The highest BCUT2D eigenvalue weighted by Gasteiger charge is 2.21. The Kier molecular flexibility index (Phi) is 2.33. The highest BCUT2D eigenvalue weighted by molar-refractivity contribution is 7.18. The first kappa shape index (κ1) is 9.48. The zero-order valence-corrected chi connectivity index (χ0v) is 9.68. The number of aromatic nitrogens is 3. The van der Waals surface area contributed by atoms with Gasteiger partial charge in [-0.1, -0.05) is 35.8 Å². The van der Waals surface area contributed by atoms with E-state index in [1.807, 2.05) is 0 Å². The maximum atomic E-state index is 5.94. The molecule has 78 valence electrons. The average Bonchev–Trinajstić information content (AvgIpc) is 2.95. The lowest BCUT2D eigenvalue weighted by atomic mass is 10.2. The minimum Gasteiger partial charge on any atom is -0.236 e. The van der Waals surface area contributed by atoms with E-state index < -0.39 is 0 Å². The lowest BCUT2D eigenvalue weighted by Gasteiger charge is -1.91. The van der Waals surface area contributed by atoms with E-state index in [0.717, 1.165) is 27.7 Å². The van der Waals surface area contributed by atoms with Crippen molar-refractivity contribution in [2.24, 2.45) is 5.92 Å².